The lowest BCUT2D eigenvalue weighted by molar-refractivity contribution is -0.130. The van der Waals surface area contributed by atoms with Crippen molar-refractivity contribution in [2.24, 2.45) is 0 Å². The molecule has 1 aromatic rings. The quantitative estimate of drug-likeness (QED) is 0.818. The van der Waals surface area contributed by atoms with Crippen LogP contribution in [0.4, 0.5) is 0 Å². The second-order valence-electron chi connectivity index (χ2n) is 4.65. The van der Waals surface area contributed by atoms with Crippen molar-refractivity contribution in [1.29, 1.82) is 0 Å². The number of hydrogen-bond acceptors (Lipinski definition) is 3. The standard InChI is InChI=1S/C15H23NO3/c1-4-16(9-10-17)15(18)11-13-7-5-6-8-14(13)19-12(2)3/h5-8,12,17H,4,9-11H2,1-3H3. The number of aliphatic hydroxyl groups excluding tert-OH is 1. The molecule has 1 N–H and O–H groups in total. The number of likely N-dealkylation sites (N-methyl/N-ethyl adjacent to an activating group) is 1. The lowest BCUT2D eigenvalue weighted by atomic mass is 10.1. The number of para-hydroxylation sites is 1. The maximum absolute atomic E-state index is 12.1. The van der Waals surface area contributed by atoms with Crippen molar-refractivity contribution in [3.8, 4) is 5.75 Å². The van der Waals surface area contributed by atoms with E-state index in [2.05, 4.69) is 0 Å². The van der Waals surface area contributed by atoms with Gasteiger partial charge in [-0.2, -0.15) is 0 Å². The zero-order valence-corrected chi connectivity index (χ0v) is 11.9. The minimum Gasteiger partial charge on any atom is -0.491 e. The highest BCUT2D eigenvalue weighted by atomic mass is 16.5. The average Bonchev–Trinajstić information content (AvgIpc) is 2.37. The molecule has 0 saturated heterocycles. The van der Waals surface area contributed by atoms with Crippen LogP contribution in [0.2, 0.25) is 0 Å². The van der Waals surface area contributed by atoms with Gasteiger partial charge < -0.3 is 14.7 Å². The van der Waals surface area contributed by atoms with E-state index in [-0.39, 0.29) is 18.6 Å². The summed E-state index contributed by atoms with van der Waals surface area (Å²) in [7, 11) is 0. The second-order valence-corrected chi connectivity index (χ2v) is 4.65. The van der Waals surface area contributed by atoms with Gasteiger partial charge in [0.2, 0.25) is 5.91 Å². The zero-order valence-electron chi connectivity index (χ0n) is 11.9. The first-order chi connectivity index (χ1) is 9.08. The summed E-state index contributed by atoms with van der Waals surface area (Å²) in [5.41, 5.74) is 0.887. The molecule has 0 spiro atoms. The maximum Gasteiger partial charge on any atom is 0.227 e. The van der Waals surface area contributed by atoms with Crippen molar-refractivity contribution in [1.82, 2.24) is 4.90 Å². The number of aliphatic hydroxyl groups is 1. The van der Waals surface area contributed by atoms with Gasteiger partial charge in [-0.3, -0.25) is 4.79 Å². The lowest BCUT2D eigenvalue weighted by Gasteiger charge is -2.21. The van der Waals surface area contributed by atoms with E-state index in [0.29, 0.717) is 19.5 Å². The fraction of sp³-hybridized carbons (Fsp3) is 0.533. The Balaban J connectivity index is 2.78. The summed E-state index contributed by atoms with van der Waals surface area (Å²) in [5, 5.41) is 8.94. The highest BCUT2D eigenvalue weighted by Crippen LogP contribution is 2.20. The van der Waals surface area contributed by atoms with E-state index in [9.17, 15) is 4.79 Å². The predicted octanol–water partition coefficient (Wildman–Crippen LogP) is 1.86. The Hall–Kier alpha value is -1.55. The number of rotatable bonds is 7. The summed E-state index contributed by atoms with van der Waals surface area (Å²) in [6.45, 7) is 6.80. The summed E-state index contributed by atoms with van der Waals surface area (Å²) in [6, 6.07) is 7.59. The number of amides is 1. The van der Waals surface area contributed by atoms with Crippen molar-refractivity contribution in [2.45, 2.75) is 33.3 Å². The molecular weight excluding hydrogens is 242 g/mol. The molecule has 0 unspecified atom stereocenters. The normalized spacial score (nSPS) is 10.6. The Morgan fingerprint density at radius 2 is 2.05 bits per heavy atom. The van der Waals surface area contributed by atoms with Crippen LogP contribution in [0.3, 0.4) is 0 Å². The molecule has 1 amide bonds. The minimum atomic E-state index is -0.0102. The molecular formula is C15H23NO3. The van der Waals surface area contributed by atoms with Crippen LogP contribution in [-0.2, 0) is 11.2 Å². The van der Waals surface area contributed by atoms with Gasteiger partial charge in [-0.1, -0.05) is 18.2 Å². The fourth-order valence-electron chi connectivity index (χ4n) is 1.87. The van der Waals surface area contributed by atoms with E-state index in [1.165, 1.54) is 0 Å². The topological polar surface area (TPSA) is 49.8 Å². The second kappa shape index (κ2) is 7.79. The van der Waals surface area contributed by atoms with Crippen molar-refractivity contribution in [3.63, 3.8) is 0 Å². The first-order valence-corrected chi connectivity index (χ1v) is 6.71. The van der Waals surface area contributed by atoms with E-state index in [1.807, 2.05) is 45.0 Å². The first kappa shape index (κ1) is 15.5. The highest BCUT2D eigenvalue weighted by molar-refractivity contribution is 5.79. The number of ether oxygens (including phenoxy) is 1. The molecule has 0 saturated carbocycles. The summed E-state index contributed by atoms with van der Waals surface area (Å²) in [5.74, 6) is 0.766. The third-order valence-corrected chi connectivity index (χ3v) is 2.78. The molecule has 0 radical (unpaired) electrons. The number of hydrogen-bond donors (Lipinski definition) is 1. The van der Waals surface area contributed by atoms with Gasteiger partial charge in [0.25, 0.3) is 0 Å². The summed E-state index contributed by atoms with van der Waals surface area (Å²) in [6.07, 6.45) is 0.382. The number of carbonyl (C=O) groups excluding carboxylic acids is 1. The van der Waals surface area contributed by atoms with Gasteiger partial charge in [0.15, 0.2) is 0 Å². The number of benzene rings is 1. The molecule has 0 aliphatic rings. The first-order valence-electron chi connectivity index (χ1n) is 6.71. The van der Waals surface area contributed by atoms with Crippen LogP contribution < -0.4 is 4.74 Å². The third kappa shape index (κ3) is 4.91. The fourth-order valence-corrected chi connectivity index (χ4v) is 1.87. The van der Waals surface area contributed by atoms with Gasteiger partial charge in [0.05, 0.1) is 19.1 Å². The van der Waals surface area contributed by atoms with Gasteiger partial charge in [-0.15, -0.1) is 0 Å². The molecule has 0 aliphatic heterocycles. The molecule has 1 rings (SSSR count). The van der Waals surface area contributed by atoms with Gasteiger partial charge in [-0.05, 0) is 26.8 Å². The Morgan fingerprint density at radius 1 is 1.37 bits per heavy atom. The van der Waals surface area contributed by atoms with Crippen LogP contribution >= 0.6 is 0 Å². The molecule has 106 valence electrons. The van der Waals surface area contributed by atoms with Crippen LogP contribution in [0.15, 0.2) is 24.3 Å². The Labute approximate surface area is 115 Å². The van der Waals surface area contributed by atoms with E-state index in [1.54, 1.807) is 4.90 Å². The van der Waals surface area contributed by atoms with Gasteiger partial charge in [0, 0.05) is 18.7 Å². The highest BCUT2D eigenvalue weighted by Gasteiger charge is 2.14. The summed E-state index contributed by atoms with van der Waals surface area (Å²) >= 11 is 0. The SMILES string of the molecule is CCN(CCO)C(=O)Cc1ccccc1OC(C)C. The lowest BCUT2D eigenvalue weighted by Crippen LogP contribution is -2.34. The molecule has 19 heavy (non-hydrogen) atoms. The Kier molecular flexibility index (Phi) is 6.36. The predicted molar refractivity (Wildman–Crippen MR) is 75.2 cm³/mol. The monoisotopic (exact) mass is 265 g/mol. The number of nitrogens with zero attached hydrogens (tertiary/aromatic N) is 1. The van der Waals surface area contributed by atoms with Crippen molar-refractivity contribution in [3.05, 3.63) is 29.8 Å². The van der Waals surface area contributed by atoms with Gasteiger partial charge >= 0.3 is 0 Å². The number of carbonyl (C=O) groups is 1. The molecule has 4 heteroatoms. The van der Waals surface area contributed by atoms with Crippen molar-refractivity contribution >= 4 is 5.91 Å². The Morgan fingerprint density at radius 3 is 2.63 bits per heavy atom. The summed E-state index contributed by atoms with van der Waals surface area (Å²) in [4.78, 5) is 13.8. The smallest absolute Gasteiger partial charge is 0.227 e. The molecule has 4 nitrogen and oxygen atoms in total. The summed E-state index contributed by atoms with van der Waals surface area (Å²) < 4.78 is 5.70. The minimum absolute atomic E-state index is 0.0102. The van der Waals surface area contributed by atoms with Crippen LogP contribution in [0.5, 0.6) is 5.75 Å². The third-order valence-electron chi connectivity index (χ3n) is 2.78. The van der Waals surface area contributed by atoms with Crippen LogP contribution in [0.25, 0.3) is 0 Å². The van der Waals surface area contributed by atoms with E-state index >= 15 is 0 Å². The Bertz CT molecular complexity index is 404. The molecule has 0 aliphatic carbocycles. The van der Waals surface area contributed by atoms with E-state index in [0.717, 1.165) is 11.3 Å². The van der Waals surface area contributed by atoms with Crippen LogP contribution in [0, 0.1) is 0 Å². The van der Waals surface area contributed by atoms with E-state index in [4.69, 9.17) is 9.84 Å². The molecule has 0 atom stereocenters. The van der Waals surface area contributed by atoms with Crippen LogP contribution in [-0.4, -0.2) is 41.7 Å². The van der Waals surface area contributed by atoms with Crippen LogP contribution in [0.1, 0.15) is 26.3 Å². The average molecular weight is 265 g/mol. The van der Waals surface area contributed by atoms with Crippen molar-refractivity contribution in [2.75, 3.05) is 19.7 Å². The van der Waals surface area contributed by atoms with E-state index < -0.39 is 0 Å². The largest absolute Gasteiger partial charge is 0.491 e. The van der Waals surface area contributed by atoms with Gasteiger partial charge in [-0.25, -0.2) is 0 Å². The molecule has 1 aromatic carbocycles. The molecule has 0 fully saturated rings. The zero-order chi connectivity index (χ0) is 14.3. The molecule has 0 aromatic heterocycles. The van der Waals surface area contributed by atoms with Gasteiger partial charge in [0.1, 0.15) is 5.75 Å². The maximum atomic E-state index is 12.1. The molecule has 0 heterocycles. The van der Waals surface area contributed by atoms with Crippen molar-refractivity contribution < 1.29 is 14.6 Å². The molecule has 0 bridgehead atoms.